The highest BCUT2D eigenvalue weighted by Gasteiger charge is 2.14. The molecule has 4 aromatic rings. The van der Waals surface area contributed by atoms with Crippen LogP contribution in [0.4, 0.5) is 0 Å². The van der Waals surface area contributed by atoms with Crippen LogP contribution in [0.25, 0.3) is 28.2 Å². The van der Waals surface area contributed by atoms with E-state index in [0.29, 0.717) is 16.7 Å². The highest BCUT2D eigenvalue weighted by molar-refractivity contribution is 6.30. The van der Waals surface area contributed by atoms with Crippen molar-refractivity contribution < 1.29 is 9.47 Å². The Morgan fingerprint density at radius 1 is 0.839 bits per heavy atom. The molecule has 0 aliphatic carbocycles. The minimum absolute atomic E-state index is 0.299. The zero-order chi connectivity index (χ0) is 21.8. The Morgan fingerprint density at radius 2 is 1.42 bits per heavy atom. The Morgan fingerprint density at radius 3 is 2.03 bits per heavy atom. The van der Waals surface area contributed by atoms with Crippen molar-refractivity contribution in [2.75, 3.05) is 6.61 Å². The predicted molar refractivity (Wildman–Crippen MR) is 126 cm³/mol. The van der Waals surface area contributed by atoms with Crippen molar-refractivity contribution >= 4 is 23.2 Å². The number of rotatable bonds is 7. The van der Waals surface area contributed by atoms with Gasteiger partial charge in [-0.2, -0.15) is 5.10 Å². The Balaban J connectivity index is 1.73. The van der Waals surface area contributed by atoms with Gasteiger partial charge in [0.05, 0.1) is 17.1 Å². The Hall–Kier alpha value is -2.79. The van der Waals surface area contributed by atoms with Crippen LogP contribution in [-0.4, -0.2) is 22.7 Å². The van der Waals surface area contributed by atoms with Crippen molar-refractivity contribution in [2.45, 2.75) is 20.1 Å². The zero-order valence-electron chi connectivity index (χ0n) is 17.3. The first-order valence-corrected chi connectivity index (χ1v) is 10.8. The van der Waals surface area contributed by atoms with Crippen molar-refractivity contribution in [1.29, 1.82) is 0 Å². The van der Waals surface area contributed by atoms with Crippen molar-refractivity contribution in [3.05, 3.63) is 88.9 Å². The molecule has 0 spiro atoms. The minimum atomic E-state index is -0.299. The lowest BCUT2D eigenvalue weighted by Crippen LogP contribution is -2.15. The highest BCUT2D eigenvalue weighted by atomic mass is 35.5. The minimum Gasteiger partial charge on any atom is -0.465 e. The summed E-state index contributed by atoms with van der Waals surface area (Å²) < 4.78 is 13.2. The van der Waals surface area contributed by atoms with Gasteiger partial charge in [0, 0.05) is 27.8 Å². The fraction of sp³-hybridized carbons (Fsp3) is 0.160. The molecule has 1 unspecified atom stereocenters. The average Bonchev–Trinajstić information content (AvgIpc) is 3.21. The average molecular weight is 453 g/mol. The molecular weight excluding hydrogens is 431 g/mol. The van der Waals surface area contributed by atoms with E-state index >= 15 is 0 Å². The molecule has 31 heavy (non-hydrogen) atoms. The smallest absolute Gasteiger partial charge is 0.196 e. The van der Waals surface area contributed by atoms with Gasteiger partial charge in [-0.1, -0.05) is 35.3 Å². The van der Waals surface area contributed by atoms with Gasteiger partial charge in [0.2, 0.25) is 0 Å². The molecule has 0 aliphatic heterocycles. The molecule has 0 N–H and O–H groups in total. The fourth-order valence-electron chi connectivity index (χ4n) is 3.29. The number of benzene rings is 3. The molecule has 0 saturated heterocycles. The first-order valence-electron chi connectivity index (χ1n) is 10.0. The first kappa shape index (κ1) is 21.4. The number of hydrogen-bond acceptors (Lipinski definition) is 3. The predicted octanol–water partition coefficient (Wildman–Crippen LogP) is 7.27. The third-order valence-corrected chi connectivity index (χ3v) is 5.28. The van der Waals surface area contributed by atoms with Crippen molar-refractivity contribution in [2.24, 2.45) is 0 Å². The van der Waals surface area contributed by atoms with Crippen LogP contribution in [0.5, 0.6) is 5.75 Å². The van der Waals surface area contributed by atoms with E-state index < -0.39 is 0 Å². The summed E-state index contributed by atoms with van der Waals surface area (Å²) in [4.78, 5) is 0. The van der Waals surface area contributed by atoms with Gasteiger partial charge in [-0.15, -0.1) is 0 Å². The second kappa shape index (κ2) is 9.56. The van der Waals surface area contributed by atoms with E-state index in [1.54, 1.807) is 0 Å². The standard InChI is InChI=1S/C25H22Cl2N2O2/c1-3-30-17(2)31-23-14-6-19(7-15-23)25-16-24(18-4-8-20(26)9-5-18)28-29(25)22-12-10-21(27)11-13-22/h4-17H,3H2,1-2H3. The van der Waals surface area contributed by atoms with Gasteiger partial charge in [-0.25, -0.2) is 4.68 Å². The molecule has 1 atom stereocenters. The second-order valence-corrected chi connectivity index (χ2v) is 7.85. The van der Waals surface area contributed by atoms with E-state index in [-0.39, 0.29) is 6.29 Å². The van der Waals surface area contributed by atoms with Crippen LogP contribution < -0.4 is 4.74 Å². The molecule has 0 amide bonds. The van der Waals surface area contributed by atoms with E-state index in [1.807, 2.05) is 91.3 Å². The number of hydrogen-bond donors (Lipinski definition) is 0. The maximum absolute atomic E-state index is 6.09. The summed E-state index contributed by atoms with van der Waals surface area (Å²) in [5.74, 6) is 0.750. The molecule has 4 nitrogen and oxygen atoms in total. The summed E-state index contributed by atoms with van der Waals surface area (Å²) in [7, 11) is 0. The Labute approximate surface area is 192 Å². The number of halogens is 2. The van der Waals surface area contributed by atoms with Gasteiger partial charge in [0.25, 0.3) is 0 Å². The highest BCUT2D eigenvalue weighted by Crippen LogP contribution is 2.31. The molecule has 4 rings (SSSR count). The summed E-state index contributed by atoms with van der Waals surface area (Å²) in [5.41, 5.74) is 4.73. The van der Waals surface area contributed by atoms with Gasteiger partial charge in [0.15, 0.2) is 6.29 Å². The van der Waals surface area contributed by atoms with Crippen LogP contribution in [-0.2, 0) is 4.74 Å². The fourth-order valence-corrected chi connectivity index (χ4v) is 3.54. The topological polar surface area (TPSA) is 36.3 Å². The van der Waals surface area contributed by atoms with Crippen molar-refractivity contribution in [3.8, 4) is 34.0 Å². The van der Waals surface area contributed by atoms with Crippen molar-refractivity contribution in [1.82, 2.24) is 9.78 Å². The molecule has 1 heterocycles. The number of ether oxygens (including phenoxy) is 2. The van der Waals surface area contributed by atoms with Gasteiger partial charge in [0.1, 0.15) is 5.75 Å². The van der Waals surface area contributed by atoms with E-state index in [2.05, 4.69) is 6.07 Å². The zero-order valence-corrected chi connectivity index (χ0v) is 18.8. The third-order valence-electron chi connectivity index (χ3n) is 4.77. The normalized spacial score (nSPS) is 12.0. The lowest BCUT2D eigenvalue weighted by Gasteiger charge is -2.14. The molecule has 158 valence electrons. The Kier molecular flexibility index (Phi) is 6.62. The largest absolute Gasteiger partial charge is 0.465 e. The molecule has 0 radical (unpaired) electrons. The van der Waals surface area contributed by atoms with Crippen LogP contribution in [0.2, 0.25) is 10.0 Å². The van der Waals surface area contributed by atoms with Gasteiger partial charge in [-0.3, -0.25) is 0 Å². The summed E-state index contributed by atoms with van der Waals surface area (Å²) in [6, 6.07) is 25.2. The maximum atomic E-state index is 6.09. The molecule has 6 heteroatoms. The van der Waals surface area contributed by atoms with Gasteiger partial charge >= 0.3 is 0 Å². The Bertz CT molecular complexity index is 1140. The summed E-state index contributed by atoms with van der Waals surface area (Å²) >= 11 is 12.1. The van der Waals surface area contributed by atoms with Crippen molar-refractivity contribution in [3.63, 3.8) is 0 Å². The monoisotopic (exact) mass is 452 g/mol. The molecule has 0 bridgehead atoms. The lowest BCUT2D eigenvalue weighted by molar-refractivity contribution is -0.0613. The summed E-state index contributed by atoms with van der Waals surface area (Å²) in [6.45, 7) is 4.43. The molecule has 0 aliphatic rings. The summed E-state index contributed by atoms with van der Waals surface area (Å²) in [6.07, 6.45) is -0.299. The molecule has 0 saturated carbocycles. The van der Waals surface area contributed by atoms with Crippen LogP contribution in [0, 0.1) is 0 Å². The quantitative estimate of drug-likeness (QED) is 0.276. The van der Waals surface area contributed by atoms with E-state index in [1.165, 1.54) is 0 Å². The third kappa shape index (κ3) is 5.10. The molecular formula is C25H22Cl2N2O2. The van der Waals surface area contributed by atoms with Crippen LogP contribution in [0.3, 0.4) is 0 Å². The first-order chi connectivity index (χ1) is 15.0. The summed E-state index contributed by atoms with van der Waals surface area (Å²) in [5, 5.41) is 6.23. The van der Waals surface area contributed by atoms with E-state index in [9.17, 15) is 0 Å². The molecule has 1 aromatic heterocycles. The SMILES string of the molecule is CCOC(C)Oc1ccc(-c2cc(-c3ccc(Cl)cc3)nn2-c2ccc(Cl)cc2)cc1. The number of aromatic nitrogens is 2. The van der Waals surface area contributed by atoms with Gasteiger partial charge < -0.3 is 9.47 Å². The van der Waals surface area contributed by atoms with Crippen LogP contribution in [0.1, 0.15) is 13.8 Å². The second-order valence-electron chi connectivity index (χ2n) is 6.98. The van der Waals surface area contributed by atoms with Crippen LogP contribution in [0.15, 0.2) is 78.9 Å². The number of nitrogens with zero attached hydrogens (tertiary/aromatic N) is 2. The molecule has 3 aromatic carbocycles. The van der Waals surface area contributed by atoms with E-state index in [0.717, 1.165) is 34.0 Å². The molecule has 0 fully saturated rings. The van der Waals surface area contributed by atoms with Crippen LogP contribution >= 0.6 is 23.2 Å². The maximum Gasteiger partial charge on any atom is 0.196 e. The van der Waals surface area contributed by atoms with E-state index in [4.69, 9.17) is 37.8 Å². The lowest BCUT2D eigenvalue weighted by atomic mass is 10.1. The van der Waals surface area contributed by atoms with Gasteiger partial charge in [-0.05, 0) is 80.6 Å².